The molecule has 2 heterocycles. The molecule has 0 spiro atoms. The predicted octanol–water partition coefficient (Wildman–Crippen LogP) is 5.58. The van der Waals surface area contributed by atoms with Crippen LogP contribution in [0.15, 0.2) is 65.4 Å². The molecule has 0 aliphatic carbocycles. The number of carboxylic acid groups (broad SMARTS) is 1. The van der Waals surface area contributed by atoms with Crippen molar-refractivity contribution < 1.29 is 19.0 Å². The molecule has 2 aromatic rings. The van der Waals surface area contributed by atoms with Crippen molar-refractivity contribution in [1.82, 2.24) is 4.90 Å². The molecule has 0 bridgehead atoms. The Kier molecular flexibility index (Phi) is 6.65. The van der Waals surface area contributed by atoms with Crippen LogP contribution in [0.2, 0.25) is 0 Å². The van der Waals surface area contributed by atoms with Gasteiger partial charge in [-0.15, -0.1) is 11.3 Å². The zero-order chi connectivity index (χ0) is 19.1. The first-order valence-corrected chi connectivity index (χ1v) is 9.82. The average Bonchev–Trinajstić information content (AvgIpc) is 3.14. The lowest BCUT2D eigenvalue weighted by Crippen LogP contribution is -2.27. The minimum atomic E-state index is -1.29. The molecule has 1 aliphatic heterocycles. The number of nitrogens with zero attached hydrogens (tertiary/aromatic N) is 1. The summed E-state index contributed by atoms with van der Waals surface area (Å²) in [5, 5.41) is 11.1. The van der Waals surface area contributed by atoms with E-state index < -0.39 is 6.16 Å². The van der Waals surface area contributed by atoms with Crippen molar-refractivity contribution in [2.45, 2.75) is 32.2 Å². The van der Waals surface area contributed by atoms with Gasteiger partial charge in [-0.2, -0.15) is 0 Å². The number of rotatable bonds is 8. The van der Waals surface area contributed by atoms with Crippen molar-refractivity contribution in [3.63, 3.8) is 0 Å². The summed E-state index contributed by atoms with van der Waals surface area (Å²) in [4.78, 5) is 14.4. The van der Waals surface area contributed by atoms with Gasteiger partial charge in [0.25, 0.3) is 0 Å². The normalized spacial score (nSPS) is 13.9. The third-order valence-electron chi connectivity index (χ3n) is 4.43. The van der Waals surface area contributed by atoms with Crippen molar-refractivity contribution in [2.24, 2.45) is 0 Å². The number of unbranched alkanes of at least 4 members (excludes halogenated alkanes) is 1. The van der Waals surface area contributed by atoms with Crippen LogP contribution in [0.5, 0.6) is 0 Å². The lowest BCUT2D eigenvalue weighted by atomic mass is 10.0. The fourth-order valence-electron chi connectivity index (χ4n) is 3.14. The summed E-state index contributed by atoms with van der Waals surface area (Å²) in [5.41, 5.74) is 2.03. The maximum atomic E-state index is 13.0. The molecular formula is C21H22FNO3S. The molecule has 142 valence electrons. The van der Waals surface area contributed by atoms with E-state index in [-0.39, 0.29) is 5.82 Å². The molecule has 4 nitrogen and oxygen atoms in total. The number of hydrogen-bond donors (Lipinski definition) is 1. The Morgan fingerprint density at radius 3 is 2.67 bits per heavy atom. The average molecular weight is 387 g/mol. The number of aryl methyl sites for hydroxylation is 1. The van der Waals surface area contributed by atoms with Crippen LogP contribution in [0.25, 0.3) is 0 Å². The molecule has 27 heavy (non-hydrogen) atoms. The summed E-state index contributed by atoms with van der Waals surface area (Å²) in [6.45, 7) is 1.47. The van der Waals surface area contributed by atoms with Crippen LogP contribution in [-0.2, 0) is 17.7 Å². The first-order valence-electron chi connectivity index (χ1n) is 8.94. The SMILES string of the molecule is O=C(O)OC1=C(CCCCc2ccc(F)cc2)N(Cc2cccs2)CC=C1. The van der Waals surface area contributed by atoms with Crippen LogP contribution in [-0.4, -0.2) is 22.7 Å². The third kappa shape index (κ3) is 5.69. The van der Waals surface area contributed by atoms with E-state index in [1.54, 1.807) is 29.5 Å². The van der Waals surface area contributed by atoms with Gasteiger partial charge in [0.2, 0.25) is 0 Å². The maximum absolute atomic E-state index is 13.0. The summed E-state index contributed by atoms with van der Waals surface area (Å²) >= 11 is 1.68. The standard InChI is InChI=1S/C21H22FNO3S/c22-17-11-9-16(10-12-17)5-1-2-7-19-20(26-21(24)25)8-3-13-23(19)15-18-6-4-14-27-18/h3-4,6,8-12,14H,1-2,5,7,13,15H2,(H,24,25). The summed E-state index contributed by atoms with van der Waals surface area (Å²) < 4.78 is 18.0. The van der Waals surface area contributed by atoms with Gasteiger partial charge in [0, 0.05) is 11.4 Å². The van der Waals surface area contributed by atoms with E-state index in [1.165, 1.54) is 17.0 Å². The molecule has 0 atom stereocenters. The number of ether oxygens (including phenoxy) is 1. The Morgan fingerprint density at radius 1 is 1.19 bits per heavy atom. The molecule has 0 fully saturated rings. The number of hydrogen-bond acceptors (Lipinski definition) is 4. The van der Waals surface area contributed by atoms with Crippen molar-refractivity contribution in [1.29, 1.82) is 0 Å². The number of allylic oxidation sites excluding steroid dienone is 2. The van der Waals surface area contributed by atoms with Gasteiger partial charge < -0.3 is 14.7 Å². The summed E-state index contributed by atoms with van der Waals surface area (Å²) in [6.07, 6.45) is 5.81. The van der Waals surface area contributed by atoms with Crippen LogP contribution in [0.1, 0.15) is 29.7 Å². The minimum absolute atomic E-state index is 0.224. The molecule has 0 radical (unpaired) electrons. The Bertz CT molecular complexity index is 812. The van der Waals surface area contributed by atoms with Crippen molar-refractivity contribution in [3.05, 3.63) is 81.6 Å². The molecule has 6 heteroatoms. The summed E-state index contributed by atoms with van der Waals surface area (Å²) in [6, 6.07) is 10.7. The second-order valence-electron chi connectivity index (χ2n) is 6.37. The van der Waals surface area contributed by atoms with Gasteiger partial charge in [-0.05, 0) is 60.9 Å². The van der Waals surface area contributed by atoms with Gasteiger partial charge in [-0.3, -0.25) is 0 Å². The van der Waals surface area contributed by atoms with E-state index in [2.05, 4.69) is 11.0 Å². The number of thiophene rings is 1. The number of halogens is 1. The van der Waals surface area contributed by atoms with Crippen LogP contribution >= 0.6 is 11.3 Å². The van der Waals surface area contributed by atoms with Crippen molar-refractivity contribution >= 4 is 17.5 Å². The third-order valence-corrected chi connectivity index (χ3v) is 5.29. The zero-order valence-electron chi connectivity index (χ0n) is 14.9. The highest BCUT2D eigenvalue weighted by Gasteiger charge is 2.20. The highest BCUT2D eigenvalue weighted by Crippen LogP contribution is 2.26. The van der Waals surface area contributed by atoms with E-state index in [1.807, 2.05) is 17.5 Å². The zero-order valence-corrected chi connectivity index (χ0v) is 15.8. The van der Waals surface area contributed by atoms with Gasteiger partial charge in [0.05, 0.1) is 12.2 Å². The summed E-state index contributed by atoms with van der Waals surface area (Å²) in [5.74, 6) is 0.185. The molecule has 0 unspecified atom stereocenters. The second kappa shape index (κ2) is 9.37. The monoisotopic (exact) mass is 387 g/mol. The first kappa shape index (κ1) is 19.2. The quantitative estimate of drug-likeness (QED) is 0.475. The minimum Gasteiger partial charge on any atom is -0.449 e. The summed E-state index contributed by atoms with van der Waals surface area (Å²) in [7, 11) is 0. The van der Waals surface area contributed by atoms with Gasteiger partial charge in [-0.25, -0.2) is 9.18 Å². The lowest BCUT2D eigenvalue weighted by Gasteiger charge is -2.30. The molecule has 1 aromatic carbocycles. The van der Waals surface area contributed by atoms with Crippen LogP contribution in [0, 0.1) is 5.82 Å². The van der Waals surface area contributed by atoms with Gasteiger partial charge in [-0.1, -0.05) is 24.3 Å². The largest absolute Gasteiger partial charge is 0.511 e. The predicted molar refractivity (Wildman–Crippen MR) is 104 cm³/mol. The molecule has 0 saturated heterocycles. The molecule has 1 aliphatic rings. The molecule has 0 amide bonds. The Balaban J connectivity index is 1.63. The molecule has 0 saturated carbocycles. The van der Waals surface area contributed by atoms with Gasteiger partial charge in [0.15, 0.2) is 5.76 Å². The maximum Gasteiger partial charge on any atom is 0.511 e. The molecule has 1 aromatic heterocycles. The van der Waals surface area contributed by atoms with Crippen LogP contribution < -0.4 is 0 Å². The second-order valence-corrected chi connectivity index (χ2v) is 7.41. The lowest BCUT2D eigenvalue weighted by molar-refractivity contribution is 0.117. The highest BCUT2D eigenvalue weighted by atomic mass is 32.1. The Morgan fingerprint density at radius 2 is 1.96 bits per heavy atom. The van der Waals surface area contributed by atoms with Crippen LogP contribution in [0.3, 0.4) is 0 Å². The highest BCUT2D eigenvalue weighted by molar-refractivity contribution is 7.09. The van der Waals surface area contributed by atoms with E-state index in [9.17, 15) is 9.18 Å². The number of benzene rings is 1. The Labute approximate surface area is 162 Å². The van der Waals surface area contributed by atoms with E-state index >= 15 is 0 Å². The van der Waals surface area contributed by atoms with Crippen molar-refractivity contribution in [3.8, 4) is 0 Å². The van der Waals surface area contributed by atoms with Crippen molar-refractivity contribution in [2.75, 3.05) is 6.54 Å². The van der Waals surface area contributed by atoms with Gasteiger partial charge >= 0.3 is 6.16 Å². The first-order chi connectivity index (χ1) is 13.1. The van der Waals surface area contributed by atoms with E-state index in [4.69, 9.17) is 9.84 Å². The number of carbonyl (C=O) groups is 1. The Hall–Kier alpha value is -2.60. The molecule has 3 rings (SSSR count). The molecular weight excluding hydrogens is 365 g/mol. The fraction of sp³-hybridized carbons (Fsp3) is 0.286. The smallest absolute Gasteiger partial charge is 0.449 e. The van der Waals surface area contributed by atoms with Crippen LogP contribution in [0.4, 0.5) is 9.18 Å². The van der Waals surface area contributed by atoms with Gasteiger partial charge in [0.1, 0.15) is 5.82 Å². The van der Waals surface area contributed by atoms with E-state index in [0.717, 1.165) is 50.0 Å². The fourth-order valence-corrected chi connectivity index (χ4v) is 3.86. The molecule has 1 N–H and O–H groups in total. The topological polar surface area (TPSA) is 49.8 Å². The van der Waals surface area contributed by atoms with E-state index in [0.29, 0.717) is 5.76 Å².